The van der Waals surface area contributed by atoms with Crippen LogP contribution in [-0.4, -0.2) is 17.6 Å². The van der Waals surface area contributed by atoms with Crippen molar-refractivity contribution in [2.45, 2.75) is 11.1 Å². The van der Waals surface area contributed by atoms with E-state index < -0.39 is 32.3 Å². The quantitative estimate of drug-likeness (QED) is 0.487. The van der Waals surface area contributed by atoms with Gasteiger partial charge in [-0.2, -0.15) is 30.8 Å². The molecule has 138 valence electrons. The molecule has 0 amide bonds. The molecule has 0 aliphatic carbocycles. The molecule has 0 saturated carbocycles. The Balaban J connectivity index is 1.89. The number of fused-ring (bicyclic) bond motifs is 3. The van der Waals surface area contributed by atoms with Crippen LogP contribution >= 0.6 is 0 Å². The molecule has 0 spiro atoms. The Labute approximate surface area is 149 Å². The topological polar surface area (TPSA) is 82.2 Å². The zero-order chi connectivity index (χ0) is 19.4. The molecule has 0 bridgehead atoms. The van der Waals surface area contributed by atoms with Crippen molar-refractivity contribution in [2.75, 3.05) is 0 Å². The van der Waals surface area contributed by atoms with E-state index in [1.165, 1.54) is 0 Å². The van der Waals surface area contributed by atoms with Crippen molar-refractivity contribution in [1.29, 1.82) is 0 Å². The molecule has 10 heteroatoms. The summed E-state index contributed by atoms with van der Waals surface area (Å²) in [6.45, 7) is 0. The number of alkyl halides is 3. The minimum atomic E-state index is -4.58. The van der Waals surface area contributed by atoms with Gasteiger partial charge >= 0.3 is 11.8 Å². The Kier molecular flexibility index (Phi) is 3.63. The predicted molar refractivity (Wildman–Crippen MR) is 89.8 cm³/mol. The van der Waals surface area contributed by atoms with E-state index in [0.29, 0.717) is 21.6 Å². The van der Waals surface area contributed by atoms with Gasteiger partial charge in [-0.1, -0.05) is 12.1 Å². The molecule has 2 aromatic carbocycles. The molecular formula is C17H9F3N2O4S. The van der Waals surface area contributed by atoms with E-state index in [9.17, 15) is 26.4 Å². The number of nitrogens with zero attached hydrogens (tertiary/aromatic N) is 2. The van der Waals surface area contributed by atoms with Crippen LogP contribution < -0.4 is 5.63 Å². The molecule has 4 aromatic rings. The van der Waals surface area contributed by atoms with E-state index in [4.69, 9.17) is 4.42 Å². The van der Waals surface area contributed by atoms with Crippen molar-refractivity contribution in [3.05, 3.63) is 70.7 Å². The lowest BCUT2D eigenvalue weighted by Gasteiger charge is -2.08. The van der Waals surface area contributed by atoms with Crippen LogP contribution in [0.15, 0.2) is 68.8 Å². The van der Waals surface area contributed by atoms with E-state index in [-0.39, 0.29) is 16.5 Å². The van der Waals surface area contributed by atoms with Gasteiger partial charge in [-0.25, -0.2) is 4.79 Å². The average Bonchev–Trinajstić information content (AvgIpc) is 3.08. The lowest BCUT2D eigenvalue weighted by atomic mass is 10.2. The SMILES string of the molecule is O=c1oc2ccccc2c2nn(S(=O)(=O)c3ccc(C(F)(F)F)cc3)cc12. The van der Waals surface area contributed by atoms with Crippen molar-refractivity contribution in [3.8, 4) is 0 Å². The van der Waals surface area contributed by atoms with E-state index in [1.807, 2.05) is 0 Å². The highest BCUT2D eigenvalue weighted by molar-refractivity contribution is 7.89. The van der Waals surface area contributed by atoms with Crippen molar-refractivity contribution >= 4 is 31.9 Å². The number of halogens is 3. The van der Waals surface area contributed by atoms with Crippen LogP contribution in [0.5, 0.6) is 0 Å². The van der Waals surface area contributed by atoms with E-state index in [1.54, 1.807) is 24.3 Å². The fraction of sp³-hybridized carbons (Fsp3) is 0.0588. The molecule has 0 unspecified atom stereocenters. The zero-order valence-corrected chi connectivity index (χ0v) is 14.1. The third-order valence-corrected chi connectivity index (χ3v) is 5.53. The second-order valence-electron chi connectivity index (χ2n) is 5.68. The molecule has 2 aromatic heterocycles. The Hall–Kier alpha value is -3.14. The van der Waals surface area contributed by atoms with Crippen LogP contribution in [0.3, 0.4) is 0 Å². The molecule has 0 N–H and O–H groups in total. The summed E-state index contributed by atoms with van der Waals surface area (Å²) in [5.74, 6) is 0. The first-order valence-electron chi connectivity index (χ1n) is 7.52. The van der Waals surface area contributed by atoms with E-state index in [0.717, 1.165) is 18.3 Å². The summed E-state index contributed by atoms with van der Waals surface area (Å²) in [7, 11) is -4.29. The fourth-order valence-electron chi connectivity index (χ4n) is 2.65. The predicted octanol–water partition coefficient (Wildman–Crippen LogP) is 3.40. The molecule has 0 saturated heterocycles. The van der Waals surface area contributed by atoms with Gasteiger partial charge in [-0.15, -0.1) is 0 Å². The van der Waals surface area contributed by atoms with Crippen LogP contribution in [0.25, 0.3) is 21.9 Å². The fourth-order valence-corrected chi connectivity index (χ4v) is 3.78. The first kappa shape index (κ1) is 17.3. The summed E-state index contributed by atoms with van der Waals surface area (Å²) in [5.41, 5.74) is -1.37. The maximum Gasteiger partial charge on any atom is 0.416 e. The van der Waals surface area contributed by atoms with Crippen LogP contribution in [0.2, 0.25) is 0 Å². The van der Waals surface area contributed by atoms with Crippen LogP contribution in [0, 0.1) is 0 Å². The number of rotatable bonds is 2. The Morgan fingerprint density at radius 3 is 2.30 bits per heavy atom. The van der Waals surface area contributed by atoms with E-state index >= 15 is 0 Å². The van der Waals surface area contributed by atoms with Crippen molar-refractivity contribution in [3.63, 3.8) is 0 Å². The van der Waals surface area contributed by atoms with Gasteiger partial charge in [0.15, 0.2) is 0 Å². The summed E-state index contributed by atoms with van der Waals surface area (Å²) >= 11 is 0. The van der Waals surface area contributed by atoms with Gasteiger partial charge in [0.1, 0.15) is 16.5 Å². The monoisotopic (exact) mass is 394 g/mol. The third-order valence-electron chi connectivity index (χ3n) is 3.98. The highest BCUT2D eigenvalue weighted by Gasteiger charge is 2.31. The standard InChI is InChI=1S/C17H9F3N2O4S/c18-17(19,20)10-5-7-11(8-6-10)27(24,25)22-9-13-15(21-22)12-3-1-2-4-14(12)26-16(13)23/h1-9H. The maximum atomic E-state index is 12.7. The molecule has 27 heavy (non-hydrogen) atoms. The van der Waals surface area contributed by atoms with Crippen LogP contribution in [0.1, 0.15) is 5.56 Å². The van der Waals surface area contributed by atoms with Gasteiger partial charge in [0.05, 0.1) is 16.7 Å². The molecule has 6 nitrogen and oxygen atoms in total. The number of para-hydroxylation sites is 1. The summed E-state index contributed by atoms with van der Waals surface area (Å²) in [5, 5.41) is 4.35. The van der Waals surface area contributed by atoms with Gasteiger partial charge in [0.2, 0.25) is 0 Å². The Morgan fingerprint density at radius 1 is 0.963 bits per heavy atom. The number of aromatic nitrogens is 2. The number of hydrogen-bond donors (Lipinski definition) is 0. The smallest absolute Gasteiger partial charge is 0.416 e. The summed E-state index contributed by atoms with van der Waals surface area (Å²) in [4.78, 5) is 11.7. The van der Waals surface area contributed by atoms with Gasteiger partial charge in [-0.3, -0.25) is 0 Å². The van der Waals surface area contributed by atoms with Crippen molar-refractivity contribution in [1.82, 2.24) is 9.19 Å². The zero-order valence-electron chi connectivity index (χ0n) is 13.3. The van der Waals surface area contributed by atoms with Gasteiger partial charge in [0, 0.05) is 5.39 Å². The second-order valence-corrected chi connectivity index (χ2v) is 7.47. The normalized spacial score (nSPS) is 12.7. The second kappa shape index (κ2) is 5.68. The average molecular weight is 394 g/mol. The van der Waals surface area contributed by atoms with Crippen LogP contribution in [-0.2, 0) is 16.2 Å². The van der Waals surface area contributed by atoms with Gasteiger partial charge < -0.3 is 4.42 Å². The third kappa shape index (κ3) is 2.78. The summed E-state index contributed by atoms with van der Waals surface area (Å²) in [6.07, 6.45) is -3.60. The highest BCUT2D eigenvalue weighted by Crippen LogP contribution is 2.30. The van der Waals surface area contributed by atoms with Crippen LogP contribution in [0.4, 0.5) is 13.2 Å². The molecule has 0 atom stereocenters. The first-order chi connectivity index (χ1) is 12.7. The molecule has 0 fully saturated rings. The molecular weight excluding hydrogens is 385 g/mol. The number of benzene rings is 2. The molecule has 0 aliphatic heterocycles. The lowest BCUT2D eigenvalue weighted by molar-refractivity contribution is -0.137. The Morgan fingerprint density at radius 2 is 1.63 bits per heavy atom. The minimum Gasteiger partial charge on any atom is -0.422 e. The summed E-state index contributed by atoms with van der Waals surface area (Å²) < 4.78 is 69.1. The molecule has 0 aliphatic rings. The Bertz CT molecular complexity index is 1340. The first-order valence-corrected chi connectivity index (χ1v) is 8.96. The number of hydrogen-bond acceptors (Lipinski definition) is 5. The largest absolute Gasteiger partial charge is 0.422 e. The maximum absolute atomic E-state index is 12.7. The lowest BCUT2D eigenvalue weighted by Crippen LogP contribution is -2.14. The molecule has 0 radical (unpaired) electrons. The van der Waals surface area contributed by atoms with Gasteiger partial charge in [-0.05, 0) is 36.4 Å². The van der Waals surface area contributed by atoms with Crippen molar-refractivity contribution in [2.24, 2.45) is 0 Å². The van der Waals surface area contributed by atoms with E-state index in [2.05, 4.69) is 5.10 Å². The summed E-state index contributed by atoms with van der Waals surface area (Å²) in [6, 6.07) is 9.48. The highest BCUT2D eigenvalue weighted by atomic mass is 32.2. The molecule has 2 heterocycles. The van der Waals surface area contributed by atoms with Crippen molar-refractivity contribution < 1.29 is 26.0 Å². The van der Waals surface area contributed by atoms with Gasteiger partial charge in [0.25, 0.3) is 10.0 Å². The molecule has 4 rings (SSSR count). The minimum absolute atomic E-state index is 0.0517.